The van der Waals surface area contributed by atoms with E-state index in [1.807, 2.05) is 62.4 Å². The summed E-state index contributed by atoms with van der Waals surface area (Å²) in [5, 5.41) is 0.438. The average Bonchev–Trinajstić information content (AvgIpc) is 3.18. The summed E-state index contributed by atoms with van der Waals surface area (Å²) in [6, 6.07) is 15.4. The number of hydrogen-bond acceptors (Lipinski definition) is 6. The van der Waals surface area contributed by atoms with Crippen LogP contribution in [0.25, 0.3) is 20.7 Å². The van der Waals surface area contributed by atoms with Crippen LogP contribution in [0, 0.1) is 13.8 Å². The van der Waals surface area contributed by atoms with E-state index in [9.17, 15) is 14.4 Å². The fraction of sp³-hybridized carbons (Fsp3) is 0.269. The number of rotatable bonds is 7. The Morgan fingerprint density at radius 2 is 1.71 bits per heavy atom. The number of benzene rings is 2. The van der Waals surface area contributed by atoms with Gasteiger partial charge in [0.2, 0.25) is 0 Å². The second-order valence-electron chi connectivity index (χ2n) is 7.96. The molecule has 2 heterocycles. The topological polar surface area (TPSA) is 79.5 Å². The largest absolute Gasteiger partial charge is 0.497 e. The molecule has 7 nitrogen and oxygen atoms in total. The lowest BCUT2D eigenvalue weighted by atomic mass is 10.1. The van der Waals surface area contributed by atoms with Gasteiger partial charge in [0.05, 0.1) is 25.6 Å². The SMILES string of the molecule is CCOC(=O)Cn1c(=O)c2c(C)c(-c3ccc(OC)cc3)sc2n(Cc2ccccc2C)c1=O. The molecule has 2 aromatic heterocycles. The van der Waals surface area contributed by atoms with Gasteiger partial charge in [0.15, 0.2) is 0 Å². The first-order valence-electron chi connectivity index (χ1n) is 11.0. The Bertz CT molecular complexity index is 1480. The molecule has 0 bridgehead atoms. The molecule has 34 heavy (non-hydrogen) atoms. The Balaban J connectivity index is 1.98. The first-order valence-corrected chi connectivity index (χ1v) is 11.8. The predicted octanol–water partition coefficient (Wildman–Crippen LogP) is 4.13. The molecule has 0 radical (unpaired) electrons. The lowest BCUT2D eigenvalue weighted by Crippen LogP contribution is -2.42. The van der Waals surface area contributed by atoms with Crippen LogP contribution in [0.5, 0.6) is 5.75 Å². The molecular formula is C26H26N2O5S. The van der Waals surface area contributed by atoms with E-state index in [4.69, 9.17) is 9.47 Å². The minimum atomic E-state index is -0.619. The summed E-state index contributed by atoms with van der Waals surface area (Å²) in [7, 11) is 1.61. The fourth-order valence-corrected chi connectivity index (χ4v) is 5.28. The van der Waals surface area contributed by atoms with Crippen LogP contribution in [-0.4, -0.2) is 28.8 Å². The molecule has 4 rings (SSSR count). The van der Waals surface area contributed by atoms with Crippen molar-refractivity contribution < 1.29 is 14.3 Å². The van der Waals surface area contributed by atoms with E-state index in [0.29, 0.717) is 10.2 Å². The number of hydrogen-bond donors (Lipinski definition) is 0. The quantitative estimate of drug-likeness (QED) is 0.373. The van der Waals surface area contributed by atoms with Crippen molar-refractivity contribution in [3.63, 3.8) is 0 Å². The van der Waals surface area contributed by atoms with Gasteiger partial charge >= 0.3 is 11.7 Å². The van der Waals surface area contributed by atoms with Crippen LogP contribution in [0.15, 0.2) is 58.1 Å². The van der Waals surface area contributed by atoms with Crippen LogP contribution in [0.2, 0.25) is 0 Å². The molecule has 4 aromatic rings. The van der Waals surface area contributed by atoms with Crippen LogP contribution < -0.4 is 16.0 Å². The van der Waals surface area contributed by atoms with Crippen molar-refractivity contribution >= 4 is 27.5 Å². The van der Waals surface area contributed by atoms with E-state index in [1.54, 1.807) is 18.6 Å². The summed E-state index contributed by atoms with van der Waals surface area (Å²) in [6.07, 6.45) is 0. The van der Waals surface area contributed by atoms with Crippen molar-refractivity contribution in [3.05, 3.63) is 86.1 Å². The number of aromatic nitrogens is 2. The van der Waals surface area contributed by atoms with E-state index in [0.717, 1.165) is 37.4 Å². The first kappa shape index (κ1) is 23.5. The minimum Gasteiger partial charge on any atom is -0.497 e. The van der Waals surface area contributed by atoms with Crippen molar-refractivity contribution in [2.24, 2.45) is 0 Å². The van der Waals surface area contributed by atoms with Gasteiger partial charge in [-0.25, -0.2) is 9.36 Å². The Morgan fingerprint density at radius 3 is 2.35 bits per heavy atom. The van der Waals surface area contributed by atoms with Gasteiger partial charge < -0.3 is 9.47 Å². The predicted molar refractivity (Wildman–Crippen MR) is 134 cm³/mol. The van der Waals surface area contributed by atoms with Gasteiger partial charge in [0, 0.05) is 4.88 Å². The van der Waals surface area contributed by atoms with E-state index in [1.165, 1.54) is 11.3 Å². The molecule has 176 valence electrons. The van der Waals surface area contributed by atoms with Crippen molar-refractivity contribution in [1.29, 1.82) is 0 Å². The van der Waals surface area contributed by atoms with Crippen LogP contribution in [-0.2, 0) is 22.6 Å². The molecule has 0 aliphatic carbocycles. The zero-order valence-electron chi connectivity index (χ0n) is 19.6. The highest BCUT2D eigenvalue weighted by Crippen LogP contribution is 2.37. The maximum atomic E-state index is 13.5. The number of fused-ring (bicyclic) bond motifs is 1. The van der Waals surface area contributed by atoms with E-state index < -0.39 is 23.8 Å². The fourth-order valence-electron chi connectivity index (χ4n) is 3.98. The maximum Gasteiger partial charge on any atom is 0.332 e. The first-order chi connectivity index (χ1) is 16.3. The summed E-state index contributed by atoms with van der Waals surface area (Å²) >= 11 is 1.40. The van der Waals surface area contributed by atoms with E-state index in [-0.39, 0.29) is 13.2 Å². The number of thiophene rings is 1. The van der Waals surface area contributed by atoms with Crippen LogP contribution >= 0.6 is 11.3 Å². The lowest BCUT2D eigenvalue weighted by molar-refractivity contribution is -0.143. The molecule has 0 aliphatic rings. The van der Waals surface area contributed by atoms with E-state index in [2.05, 4.69) is 0 Å². The molecule has 0 unspecified atom stereocenters. The number of nitrogens with zero attached hydrogens (tertiary/aromatic N) is 2. The lowest BCUT2D eigenvalue weighted by Gasteiger charge is -2.13. The average molecular weight is 479 g/mol. The Hall–Kier alpha value is -3.65. The van der Waals surface area contributed by atoms with E-state index >= 15 is 0 Å². The van der Waals surface area contributed by atoms with Crippen LogP contribution in [0.4, 0.5) is 0 Å². The van der Waals surface area contributed by atoms with Gasteiger partial charge in [-0.1, -0.05) is 24.3 Å². The monoisotopic (exact) mass is 478 g/mol. The third kappa shape index (κ3) is 4.28. The molecule has 0 N–H and O–H groups in total. The molecule has 0 spiro atoms. The third-order valence-electron chi connectivity index (χ3n) is 5.83. The second kappa shape index (κ2) is 9.69. The molecular weight excluding hydrogens is 452 g/mol. The van der Waals surface area contributed by atoms with Gasteiger partial charge in [-0.3, -0.25) is 14.2 Å². The van der Waals surface area contributed by atoms with Gasteiger partial charge in [-0.2, -0.15) is 0 Å². The minimum absolute atomic E-state index is 0.173. The molecule has 0 fully saturated rings. The third-order valence-corrected chi connectivity index (χ3v) is 7.19. The highest BCUT2D eigenvalue weighted by molar-refractivity contribution is 7.22. The number of aryl methyl sites for hydroxylation is 2. The Kier molecular flexibility index (Phi) is 6.70. The van der Waals surface area contributed by atoms with Gasteiger partial charge in [0.25, 0.3) is 5.56 Å². The van der Waals surface area contributed by atoms with Crippen molar-refractivity contribution in [2.75, 3.05) is 13.7 Å². The van der Waals surface area contributed by atoms with Gasteiger partial charge in [-0.05, 0) is 67.3 Å². The molecule has 0 saturated carbocycles. The summed E-state index contributed by atoms with van der Waals surface area (Å²) in [6.45, 7) is 5.57. The van der Waals surface area contributed by atoms with Gasteiger partial charge in [-0.15, -0.1) is 11.3 Å². The zero-order valence-corrected chi connectivity index (χ0v) is 20.4. The Morgan fingerprint density at radius 1 is 1.00 bits per heavy atom. The summed E-state index contributed by atoms with van der Waals surface area (Å²) < 4.78 is 12.8. The standard InChI is InChI=1S/C26H26N2O5S/c1-5-33-21(29)15-27-24(30)22-17(3)23(18-10-12-20(32-4)13-11-18)34-25(22)28(26(27)31)14-19-9-7-6-8-16(19)2/h6-13H,5,14-15H2,1-4H3. The number of ether oxygens (including phenoxy) is 2. The number of carbonyl (C=O) groups excluding carboxylic acids is 1. The van der Waals surface area contributed by atoms with Crippen molar-refractivity contribution in [1.82, 2.24) is 9.13 Å². The normalized spacial score (nSPS) is 11.1. The molecule has 0 saturated heterocycles. The molecule has 2 aromatic carbocycles. The van der Waals surface area contributed by atoms with Crippen LogP contribution in [0.3, 0.4) is 0 Å². The molecule has 0 aliphatic heterocycles. The van der Waals surface area contributed by atoms with Crippen LogP contribution in [0.1, 0.15) is 23.6 Å². The number of carbonyl (C=O) groups is 1. The summed E-state index contributed by atoms with van der Waals surface area (Å²) in [5.74, 6) is 0.113. The molecule has 8 heteroatoms. The number of esters is 1. The number of methoxy groups -OCH3 is 1. The second-order valence-corrected chi connectivity index (χ2v) is 8.96. The van der Waals surface area contributed by atoms with Crippen molar-refractivity contribution in [2.45, 2.75) is 33.9 Å². The summed E-state index contributed by atoms with van der Waals surface area (Å²) in [5.41, 5.74) is 2.68. The highest BCUT2D eigenvalue weighted by Gasteiger charge is 2.22. The summed E-state index contributed by atoms with van der Waals surface area (Å²) in [4.78, 5) is 40.6. The Labute approximate surface area is 200 Å². The van der Waals surface area contributed by atoms with Crippen molar-refractivity contribution in [3.8, 4) is 16.2 Å². The molecule has 0 atom stereocenters. The highest BCUT2D eigenvalue weighted by atomic mass is 32.1. The molecule has 0 amide bonds. The van der Waals surface area contributed by atoms with Gasteiger partial charge in [0.1, 0.15) is 17.1 Å². The zero-order chi connectivity index (χ0) is 24.4. The maximum absolute atomic E-state index is 13.5. The smallest absolute Gasteiger partial charge is 0.332 e.